The van der Waals surface area contributed by atoms with E-state index < -0.39 is 0 Å². The lowest BCUT2D eigenvalue weighted by Crippen LogP contribution is -1.90. The van der Waals surface area contributed by atoms with Gasteiger partial charge in [0.2, 0.25) is 11.7 Å². The Hall–Kier alpha value is -2.56. The van der Waals surface area contributed by atoms with Gasteiger partial charge in [-0.15, -0.1) is 0 Å². The SMILES string of the molecule is Cc1ccc(-c2noc(Cc3ccc(N)cc3)n2)o1. The summed E-state index contributed by atoms with van der Waals surface area (Å²) in [6, 6.07) is 11.3. The van der Waals surface area contributed by atoms with Crippen LogP contribution in [0.4, 0.5) is 5.69 Å². The highest BCUT2D eigenvalue weighted by atomic mass is 16.5. The predicted octanol–water partition coefficient (Wildman–Crippen LogP) is 2.81. The lowest BCUT2D eigenvalue weighted by atomic mass is 10.1. The van der Waals surface area contributed by atoms with Crippen LogP contribution in [0.25, 0.3) is 11.6 Å². The van der Waals surface area contributed by atoms with Gasteiger partial charge in [0.25, 0.3) is 0 Å². The van der Waals surface area contributed by atoms with Crippen LogP contribution in [0.1, 0.15) is 17.2 Å². The van der Waals surface area contributed by atoms with Crippen molar-refractivity contribution in [2.75, 3.05) is 5.73 Å². The zero-order chi connectivity index (χ0) is 13.2. The molecule has 3 rings (SSSR count). The van der Waals surface area contributed by atoms with Crippen LogP contribution in [0, 0.1) is 6.92 Å². The molecular formula is C14H13N3O2. The summed E-state index contributed by atoms with van der Waals surface area (Å²) in [7, 11) is 0. The Morgan fingerprint density at radius 3 is 2.58 bits per heavy atom. The van der Waals surface area contributed by atoms with E-state index in [4.69, 9.17) is 14.7 Å². The summed E-state index contributed by atoms with van der Waals surface area (Å²) in [5.41, 5.74) is 7.45. The van der Waals surface area contributed by atoms with Gasteiger partial charge in [0, 0.05) is 5.69 Å². The minimum Gasteiger partial charge on any atom is -0.458 e. The van der Waals surface area contributed by atoms with Gasteiger partial charge in [0.05, 0.1) is 6.42 Å². The van der Waals surface area contributed by atoms with E-state index in [2.05, 4.69) is 10.1 Å². The van der Waals surface area contributed by atoms with E-state index in [9.17, 15) is 0 Å². The Kier molecular flexibility index (Phi) is 2.79. The number of rotatable bonds is 3. The van der Waals surface area contributed by atoms with E-state index in [1.54, 1.807) is 0 Å². The minimum absolute atomic E-state index is 0.471. The first-order valence-electron chi connectivity index (χ1n) is 5.94. The molecule has 5 heteroatoms. The van der Waals surface area contributed by atoms with Crippen LogP contribution in [0.15, 0.2) is 45.3 Å². The van der Waals surface area contributed by atoms with Gasteiger partial charge in [0.1, 0.15) is 5.76 Å². The molecule has 96 valence electrons. The first kappa shape index (κ1) is 11.5. The molecule has 0 saturated heterocycles. The number of benzene rings is 1. The van der Waals surface area contributed by atoms with Crippen LogP contribution >= 0.6 is 0 Å². The molecule has 0 unspecified atom stereocenters. The van der Waals surface area contributed by atoms with Crippen molar-refractivity contribution in [3.05, 3.63) is 53.6 Å². The largest absolute Gasteiger partial charge is 0.458 e. The van der Waals surface area contributed by atoms with Crippen LogP contribution in [-0.2, 0) is 6.42 Å². The second kappa shape index (κ2) is 4.61. The van der Waals surface area contributed by atoms with Gasteiger partial charge in [-0.3, -0.25) is 0 Å². The summed E-state index contributed by atoms with van der Waals surface area (Å²) < 4.78 is 10.7. The first-order valence-corrected chi connectivity index (χ1v) is 5.94. The highest BCUT2D eigenvalue weighted by Gasteiger charge is 2.12. The third-order valence-corrected chi connectivity index (χ3v) is 2.76. The molecule has 2 heterocycles. The molecule has 2 aromatic heterocycles. The molecule has 0 saturated carbocycles. The summed E-state index contributed by atoms with van der Waals surface area (Å²) in [4.78, 5) is 4.31. The predicted molar refractivity (Wildman–Crippen MR) is 70.4 cm³/mol. The van der Waals surface area contributed by atoms with Crippen LogP contribution in [-0.4, -0.2) is 10.1 Å². The standard InChI is InChI=1S/C14H13N3O2/c1-9-2-7-12(18-9)14-16-13(19-17-14)8-10-3-5-11(15)6-4-10/h2-7H,8,15H2,1H3. The Morgan fingerprint density at radius 1 is 1.11 bits per heavy atom. The highest BCUT2D eigenvalue weighted by molar-refractivity contribution is 5.46. The van der Waals surface area contributed by atoms with Crippen molar-refractivity contribution in [2.24, 2.45) is 0 Å². The molecule has 0 bridgehead atoms. The summed E-state index contributed by atoms with van der Waals surface area (Å²) in [6.45, 7) is 1.87. The smallest absolute Gasteiger partial charge is 0.238 e. The summed E-state index contributed by atoms with van der Waals surface area (Å²) >= 11 is 0. The van der Waals surface area contributed by atoms with Crippen molar-refractivity contribution >= 4 is 5.69 Å². The van der Waals surface area contributed by atoms with Crippen molar-refractivity contribution < 1.29 is 8.94 Å². The second-order valence-corrected chi connectivity index (χ2v) is 4.34. The van der Waals surface area contributed by atoms with E-state index in [-0.39, 0.29) is 0 Å². The number of hydrogen-bond acceptors (Lipinski definition) is 5. The van der Waals surface area contributed by atoms with Crippen molar-refractivity contribution in [3.63, 3.8) is 0 Å². The maximum absolute atomic E-state index is 5.64. The fraction of sp³-hybridized carbons (Fsp3) is 0.143. The molecule has 2 N–H and O–H groups in total. The number of nitrogens with zero attached hydrogens (tertiary/aromatic N) is 2. The summed E-state index contributed by atoms with van der Waals surface area (Å²) in [5.74, 6) is 2.46. The third kappa shape index (κ3) is 2.49. The number of anilines is 1. The summed E-state index contributed by atoms with van der Waals surface area (Å²) in [5, 5.41) is 3.91. The molecule has 0 atom stereocenters. The van der Waals surface area contributed by atoms with E-state index in [1.807, 2.05) is 43.3 Å². The van der Waals surface area contributed by atoms with Crippen molar-refractivity contribution in [1.82, 2.24) is 10.1 Å². The molecule has 1 aromatic carbocycles. The molecular weight excluding hydrogens is 242 g/mol. The van der Waals surface area contributed by atoms with Crippen molar-refractivity contribution in [3.8, 4) is 11.6 Å². The Balaban J connectivity index is 1.80. The van der Waals surface area contributed by atoms with Gasteiger partial charge in [-0.2, -0.15) is 4.98 Å². The number of furan rings is 1. The number of aromatic nitrogens is 2. The van der Waals surface area contributed by atoms with E-state index >= 15 is 0 Å². The van der Waals surface area contributed by atoms with Crippen molar-refractivity contribution in [1.29, 1.82) is 0 Å². The maximum Gasteiger partial charge on any atom is 0.238 e. The van der Waals surface area contributed by atoms with Gasteiger partial charge >= 0.3 is 0 Å². The van der Waals surface area contributed by atoms with Gasteiger partial charge < -0.3 is 14.7 Å². The Labute approximate surface area is 110 Å². The molecule has 0 aliphatic carbocycles. The molecule has 19 heavy (non-hydrogen) atoms. The molecule has 0 aliphatic heterocycles. The monoisotopic (exact) mass is 255 g/mol. The van der Waals surface area contributed by atoms with Crippen molar-refractivity contribution in [2.45, 2.75) is 13.3 Å². The molecule has 3 aromatic rings. The minimum atomic E-state index is 0.471. The number of nitrogen functional groups attached to an aromatic ring is 1. The lowest BCUT2D eigenvalue weighted by molar-refractivity contribution is 0.384. The average molecular weight is 255 g/mol. The zero-order valence-electron chi connectivity index (χ0n) is 10.5. The second-order valence-electron chi connectivity index (χ2n) is 4.34. The highest BCUT2D eigenvalue weighted by Crippen LogP contribution is 2.19. The first-order chi connectivity index (χ1) is 9.20. The third-order valence-electron chi connectivity index (χ3n) is 2.76. The fourth-order valence-electron chi connectivity index (χ4n) is 1.79. The fourth-order valence-corrected chi connectivity index (χ4v) is 1.79. The van der Waals surface area contributed by atoms with Crippen LogP contribution in [0.5, 0.6) is 0 Å². The van der Waals surface area contributed by atoms with E-state index in [0.29, 0.717) is 23.9 Å². The molecule has 0 amide bonds. The van der Waals surface area contributed by atoms with Gasteiger partial charge in [-0.05, 0) is 36.8 Å². The van der Waals surface area contributed by atoms with E-state index in [1.165, 1.54) is 0 Å². The summed E-state index contributed by atoms with van der Waals surface area (Å²) in [6.07, 6.45) is 0.576. The van der Waals surface area contributed by atoms with Crippen LogP contribution < -0.4 is 5.73 Å². The number of hydrogen-bond donors (Lipinski definition) is 1. The molecule has 0 fully saturated rings. The van der Waals surface area contributed by atoms with Crippen LogP contribution in [0.3, 0.4) is 0 Å². The molecule has 0 spiro atoms. The van der Waals surface area contributed by atoms with Gasteiger partial charge in [-0.25, -0.2) is 0 Å². The molecule has 5 nitrogen and oxygen atoms in total. The topological polar surface area (TPSA) is 78.1 Å². The number of nitrogens with two attached hydrogens (primary N) is 1. The Bertz CT molecular complexity index is 683. The van der Waals surface area contributed by atoms with Crippen LogP contribution in [0.2, 0.25) is 0 Å². The Morgan fingerprint density at radius 2 is 1.89 bits per heavy atom. The number of aryl methyl sites for hydroxylation is 1. The maximum atomic E-state index is 5.64. The van der Waals surface area contributed by atoms with Gasteiger partial charge in [-0.1, -0.05) is 17.3 Å². The molecule has 0 aliphatic rings. The average Bonchev–Trinajstić information content (AvgIpc) is 3.01. The van der Waals surface area contributed by atoms with Gasteiger partial charge in [0.15, 0.2) is 5.76 Å². The normalized spacial score (nSPS) is 10.8. The molecule has 0 radical (unpaired) electrons. The lowest BCUT2D eigenvalue weighted by Gasteiger charge is -1.96. The van der Waals surface area contributed by atoms with E-state index in [0.717, 1.165) is 17.0 Å². The zero-order valence-corrected chi connectivity index (χ0v) is 10.5. The quantitative estimate of drug-likeness (QED) is 0.728.